The Bertz CT molecular complexity index is 1070. The molecule has 5 rings (SSSR count). The van der Waals surface area contributed by atoms with Crippen molar-refractivity contribution in [2.24, 2.45) is 5.92 Å². The molecule has 0 radical (unpaired) electrons. The van der Waals surface area contributed by atoms with Gasteiger partial charge in [0, 0.05) is 43.7 Å². The number of anilines is 3. The number of rotatable bonds is 6. The van der Waals surface area contributed by atoms with E-state index in [1.807, 2.05) is 12.1 Å². The molecule has 3 fully saturated rings. The van der Waals surface area contributed by atoms with Crippen molar-refractivity contribution in [2.75, 3.05) is 41.3 Å². The van der Waals surface area contributed by atoms with Crippen LogP contribution in [-0.4, -0.2) is 47.3 Å². The highest BCUT2D eigenvalue weighted by atomic mass is 32.1. The van der Waals surface area contributed by atoms with E-state index in [1.165, 1.54) is 50.5 Å². The Kier molecular flexibility index (Phi) is 8.12. The summed E-state index contributed by atoms with van der Waals surface area (Å²) >= 11 is 5.74. The molecule has 0 bridgehead atoms. The topological polar surface area (TPSA) is 56.3 Å². The smallest absolute Gasteiger partial charge is 0.232 e. The van der Waals surface area contributed by atoms with E-state index < -0.39 is 0 Å². The van der Waals surface area contributed by atoms with Crippen LogP contribution in [0.15, 0.2) is 30.3 Å². The molecular formula is C29H41FN6S. The van der Waals surface area contributed by atoms with Gasteiger partial charge in [-0.05, 0) is 87.7 Å². The molecule has 1 aliphatic carbocycles. The summed E-state index contributed by atoms with van der Waals surface area (Å²) in [5.74, 6) is 3.00. The van der Waals surface area contributed by atoms with Crippen molar-refractivity contribution in [2.45, 2.75) is 83.1 Å². The first-order valence-corrected chi connectivity index (χ1v) is 14.5. The minimum atomic E-state index is -0.194. The predicted octanol–water partition coefficient (Wildman–Crippen LogP) is 6.03. The molecule has 6 nitrogen and oxygen atoms in total. The summed E-state index contributed by atoms with van der Waals surface area (Å²) in [5, 5.41) is 7.31. The summed E-state index contributed by atoms with van der Waals surface area (Å²) in [6, 6.07) is 9.62. The van der Waals surface area contributed by atoms with Crippen molar-refractivity contribution in [3.05, 3.63) is 41.7 Å². The number of hydrogen-bond acceptors (Lipinski definition) is 5. The second-order valence-corrected chi connectivity index (χ2v) is 11.8. The van der Waals surface area contributed by atoms with Crippen molar-refractivity contribution in [3.8, 4) is 0 Å². The van der Waals surface area contributed by atoms with Crippen LogP contribution >= 0.6 is 12.2 Å². The molecule has 200 valence electrons. The Morgan fingerprint density at radius 2 is 1.76 bits per heavy atom. The highest BCUT2D eigenvalue weighted by Gasteiger charge is 2.35. The first kappa shape index (κ1) is 26.1. The molecule has 2 N–H and O–H groups in total. The van der Waals surface area contributed by atoms with E-state index >= 15 is 0 Å². The van der Waals surface area contributed by atoms with E-state index in [4.69, 9.17) is 22.2 Å². The summed E-state index contributed by atoms with van der Waals surface area (Å²) in [7, 11) is 0. The fourth-order valence-electron chi connectivity index (χ4n) is 6.44. The summed E-state index contributed by atoms with van der Waals surface area (Å²) < 4.78 is 13.6. The zero-order valence-electron chi connectivity index (χ0n) is 22.3. The first-order valence-electron chi connectivity index (χ1n) is 14.1. The number of halogens is 1. The lowest BCUT2D eigenvalue weighted by molar-refractivity contribution is 0.434. The maximum absolute atomic E-state index is 13.6. The first-order chi connectivity index (χ1) is 17.9. The van der Waals surface area contributed by atoms with Crippen molar-refractivity contribution in [1.82, 2.24) is 15.3 Å². The lowest BCUT2D eigenvalue weighted by atomic mass is 9.79. The average Bonchev–Trinajstić information content (AvgIpc) is 3.38. The molecule has 2 unspecified atom stereocenters. The van der Waals surface area contributed by atoms with Gasteiger partial charge in [-0.25, -0.2) is 4.39 Å². The van der Waals surface area contributed by atoms with Gasteiger partial charge in [-0.2, -0.15) is 9.97 Å². The van der Waals surface area contributed by atoms with Crippen molar-refractivity contribution >= 4 is 34.9 Å². The third-order valence-electron chi connectivity index (χ3n) is 8.61. The van der Waals surface area contributed by atoms with Crippen molar-refractivity contribution < 1.29 is 4.39 Å². The molecule has 37 heavy (non-hydrogen) atoms. The van der Waals surface area contributed by atoms with Gasteiger partial charge in [0.25, 0.3) is 0 Å². The van der Waals surface area contributed by atoms with Crippen LogP contribution in [0.3, 0.4) is 0 Å². The zero-order chi connectivity index (χ0) is 25.8. The Labute approximate surface area is 226 Å². The van der Waals surface area contributed by atoms with Crippen LogP contribution < -0.4 is 20.4 Å². The molecule has 2 aromatic rings. The van der Waals surface area contributed by atoms with Crippen LogP contribution in [0.2, 0.25) is 0 Å². The molecular weight excluding hydrogens is 483 g/mol. The average molecular weight is 525 g/mol. The fraction of sp³-hybridized carbons (Fsp3) is 0.621. The van der Waals surface area contributed by atoms with Gasteiger partial charge in [0.2, 0.25) is 5.95 Å². The maximum atomic E-state index is 13.6. The van der Waals surface area contributed by atoms with E-state index in [1.54, 1.807) is 12.1 Å². The van der Waals surface area contributed by atoms with Crippen LogP contribution in [0.4, 0.5) is 22.0 Å². The number of thiocarbonyl (C=S) groups is 1. The van der Waals surface area contributed by atoms with Gasteiger partial charge in [-0.1, -0.05) is 31.9 Å². The number of hydrogen-bond donors (Lipinski definition) is 2. The molecule has 3 aliphatic rings. The summed E-state index contributed by atoms with van der Waals surface area (Å²) in [6.45, 7) is 8.39. The summed E-state index contributed by atoms with van der Waals surface area (Å²) in [6.07, 6.45) is 10.6. The SMILES string of the molecule is CC1CCCN(c2cc(N3CCCCC3C)nc(NC(=S)NCC3(c4ccc(F)cc4)CCCC3)n2)C1. The van der Waals surface area contributed by atoms with Gasteiger partial charge in [0.05, 0.1) is 0 Å². The number of benzene rings is 1. The monoisotopic (exact) mass is 524 g/mol. The van der Waals surface area contributed by atoms with Gasteiger partial charge in [-0.15, -0.1) is 0 Å². The molecule has 1 aromatic carbocycles. The Hall–Kier alpha value is -2.48. The van der Waals surface area contributed by atoms with E-state index in [0.29, 0.717) is 29.6 Å². The van der Waals surface area contributed by atoms with Crippen molar-refractivity contribution in [1.29, 1.82) is 0 Å². The summed E-state index contributed by atoms with van der Waals surface area (Å²) in [4.78, 5) is 14.7. The normalized spacial score (nSPS) is 23.6. The van der Waals surface area contributed by atoms with Crippen LogP contribution in [0.25, 0.3) is 0 Å². The van der Waals surface area contributed by atoms with E-state index in [-0.39, 0.29) is 11.2 Å². The van der Waals surface area contributed by atoms with Crippen molar-refractivity contribution in [3.63, 3.8) is 0 Å². The standard InChI is InChI=1S/C29H41FN6S/c1-21-8-7-16-35(19-21)25-18-26(36-17-6-3-9-22(36)2)33-27(32-25)34-28(37)31-20-29(14-4-5-15-29)23-10-12-24(30)13-11-23/h10-13,18,21-22H,3-9,14-17,19-20H2,1-2H3,(H2,31,32,33,34,37). The van der Waals surface area contributed by atoms with Gasteiger partial charge in [0.1, 0.15) is 17.5 Å². The third kappa shape index (κ3) is 6.16. The number of piperidine rings is 2. The minimum absolute atomic E-state index is 0.0273. The second kappa shape index (κ2) is 11.5. The van der Waals surface area contributed by atoms with E-state index in [2.05, 4.69) is 40.3 Å². The molecule has 3 heterocycles. The largest absolute Gasteiger partial charge is 0.361 e. The molecule has 0 spiro atoms. The number of nitrogens with zero attached hydrogens (tertiary/aromatic N) is 4. The Balaban J connectivity index is 1.33. The molecule has 2 atom stereocenters. The van der Waals surface area contributed by atoms with Crippen LogP contribution in [0.1, 0.15) is 77.2 Å². The Morgan fingerprint density at radius 3 is 2.49 bits per heavy atom. The predicted molar refractivity (Wildman–Crippen MR) is 154 cm³/mol. The molecule has 1 aromatic heterocycles. The minimum Gasteiger partial charge on any atom is -0.361 e. The fourth-order valence-corrected chi connectivity index (χ4v) is 6.60. The van der Waals surface area contributed by atoms with Gasteiger partial charge in [0.15, 0.2) is 5.11 Å². The molecule has 2 aliphatic heterocycles. The van der Waals surface area contributed by atoms with Gasteiger partial charge < -0.3 is 20.4 Å². The van der Waals surface area contributed by atoms with Gasteiger partial charge in [-0.3, -0.25) is 0 Å². The molecule has 1 saturated carbocycles. The number of nitrogens with one attached hydrogen (secondary N) is 2. The highest BCUT2D eigenvalue weighted by molar-refractivity contribution is 7.80. The van der Waals surface area contributed by atoms with E-state index in [9.17, 15) is 4.39 Å². The summed E-state index contributed by atoms with van der Waals surface area (Å²) in [5.41, 5.74) is 1.15. The third-order valence-corrected chi connectivity index (χ3v) is 8.85. The van der Waals surface area contributed by atoms with Crippen LogP contribution in [0.5, 0.6) is 0 Å². The maximum Gasteiger partial charge on any atom is 0.232 e. The lowest BCUT2D eigenvalue weighted by Crippen LogP contribution is -2.41. The number of aromatic nitrogens is 2. The molecule has 2 saturated heterocycles. The van der Waals surface area contributed by atoms with Gasteiger partial charge >= 0.3 is 0 Å². The molecule has 8 heteroatoms. The second-order valence-electron chi connectivity index (χ2n) is 11.4. The highest BCUT2D eigenvalue weighted by Crippen LogP contribution is 2.40. The molecule has 0 amide bonds. The van der Waals surface area contributed by atoms with E-state index in [0.717, 1.165) is 44.1 Å². The lowest BCUT2D eigenvalue weighted by Gasteiger charge is -2.36. The zero-order valence-corrected chi connectivity index (χ0v) is 23.1. The van der Waals surface area contributed by atoms with Crippen LogP contribution in [-0.2, 0) is 5.41 Å². The quantitative estimate of drug-likeness (QED) is 0.448. The Morgan fingerprint density at radius 1 is 1.00 bits per heavy atom. The van der Waals surface area contributed by atoms with Crippen LogP contribution in [0, 0.1) is 11.7 Å².